The second-order valence-electron chi connectivity index (χ2n) is 3.54. The summed E-state index contributed by atoms with van der Waals surface area (Å²) < 4.78 is 7.38. The third-order valence-corrected chi connectivity index (χ3v) is 2.89. The molecular weight excluding hydrogens is 302 g/mol. The minimum Gasteiger partial charge on any atom is -0.479 e. The molecule has 0 aliphatic heterocycles. The van der Waals surface area contributed by atoms with Gasteiger partial charge in [-0.1, -0.05) is 0 Å². The summed E-state index contributed by atoms with van der Waals surface area (Å²) in [5.41, 5.74) is 1.25. The third-order valence-electron chi connectivity index (χ3n) is 2.46. The molecule has 0 aromatic carbocycles. The van der Waals surface area contributed by atoms with Gasteiger partial charge in [-0.3, -0.25) is 0 Å². The number of ether oxygens (including phenoxy) is 1. The molecule has 0 spiro atoms. The molecule has 0 bridgehead atoms. The van der Waals surface area contributed by atoms with Gasteiger partial charge < -0.3 is 9.84 Å². The normalized spacial score (nSPS) is 10.4. The SMILES string of the molecule is COc1ncc(Br)cc1-n1ncc(C(=O)O)c1C. The first-order valence-electron chi connectivity index (χ1n) is 5.02. The van der Waals surface area contributed by atoms with Crippen LogP contribution in [0.15, 0.2) is 22.9 Å². The van der Waals surface area contributed by atoms with Crippen LogP contribution >= 0.6 is 15.9 Å². The highest BCUT2D eigenvalue weighted by Crippen LogP contribution is 2.25. The summed E-state index contributed by atoms with van der Waals surface area (Å²) in [5, 5.41) is 13.0. The van der Waals surface area contributed by atoms with E-state index in [1.54, 1.807) is 19.2 Å². The van der Waals surface area contributed by atoms with Crippen LogP contribution in [-0.2, 0) is 0 Å². The van der Waals surface area contributed by atoms with Gasteiger partial charge in [-0.25, -0.2) is 14.5 Å². The van der Waals surface area contributed by atoms with E-state index < -0.39 is 5.97 Å². The molecule has 2 heterocycles. The van der Waals surface area contributed by atoms with E-state index in [9.17, 15) is 4.79 Å². The van der Waals surface area contributed by atoms with E-state index in [1.165, 1.54) is 18.0 Å². The molecule has 94 valence electrons. The first kappa shape index (κ1) is 12.6. The second-order valence-corrected chi connectivity index (χ2v) is 4.46. The van der Waals surface area contributed by atoms with Crippen molar-refractivity contribution in [2.24, 2.45) is 0 Å². The Morgan fingerprint density at radius 3 is 2.78 bits per heavy atom. The highest BCUT2D eigenvalue weighted by molar-refractivity contribution is 9.10. The number of halogens is 1. The number of carboxylic acids is 1. The van der Waals surface area contributed by atoms with Crippen LogP contribution in [0.2, 0.25) is 0 Å². The Bertz CT molecular complexity index is 610. The highest BCUT2D eigenvalue weighted by atomic mass is 79.9. The lowest BCUT2D eigenvalue weighted by Crippen LogP contribution is -2.05. The second kappa shape index (κ2) is 4.77. The van der Waals surface area contributed by atoms with E-state index in [-0.39, 0.29) is 5.56 Å². The molecule has 1 N–H and O–H groups in total. The van der Waals surface area contributed by atoms with Crippen LogP contribution < -0.4 is 4.74 Å². The topological polar surface area (TPSA) is 77.2 Å². The monoisotopic (exact) mass is 311 g/mol. The number of hydrogen-bond donors (Lipinski definition) is 1. The summed E-state index contributed by atoms with van der Waals surface area (Å²) in [6.07, 6.45) is 2.90. The number of methoxy groups -OCH3 is 1. The van der Waals surface area contributed by atoms with Crippen molar-refractivity contribution in [2.45, 2.75) is 6.92 Å². The van der Waals surface area contributed by atoms with Crippen LogP contribution in [0.25, 0.3) is 5.69 Å². The standard InChI is InChI=1S/C11H10BrN3O3/c1-6-8(11(16)17)5-14-15(6)9-3-7(12)4-13-10(9)18-2/h3-5H,1-2H3,(H,16,17). The van der Waals surface area contributed by atoms with Crippen molar-refractivity contribution in [1.29, 1.82) is 0 Å². The van der Waals surface area contributed by atoms with Crippen molar-refractivity contribution in [3.05, 3.63) is 34.2 Å². The minimum absolute atomic E-state index is 0.150. The van der Waals surface area contributed by atoms with Gasteiger partial charge in [0.2, 0.25) is 5.88 Å². The Morgan fingerprint density at radius 2 is 2.22 bits per heavy atom. The fourth-order valence-electron chi connectivity index (χ4n) is 1.59. The van der Waals surface area contributed by atoms with E-state index in [4.69, 9.17) is 9.84 Å². The lowest BCUT2D eigenvalue weighted by molar-refractivity contribution is 0.0696. The van der Waals surface area contributed by atoms with E-state index in [0.29, 0.717) is 17.3 Å². The molecule has 18 heavy (non-hydrogen) atoms. The molecule has 0 fully saturated rings. The fraction of sp³-hybridized carbons (Fsp3) is 0.182. The minimum atomic E-state index is -1.01. The number of rotatable bonds is 3. The zero-order valence-electron chi connectivity index (χ0n) is 9.72. The van der Waals surface area contributed by atoms with Crippen molar-refractivity contribution in [2.75, 3.05) is 7.11 Å². The molecule has 0 atom stereocenters. The maximum Gasteiger partial charge on any atom is 0.339 e. The van der Waals surface area contributed by atoms with Gasteiger partial charge in [0, 0.05) is 10.7 Å². The molecule has 0 saturated carbocycles. The predicted octanol–water partition coefficient (Wildman–Crippen LogP) is 2.05. The summed E-state index contributed by atoms with van der Waals surface area (Å²) in [7, 11) is 1.50. The summed E-state index contributed by atoms with van der Waals surface area (Å²) in [6, 6.07) is 1.76. The van der Waals surface area contributed by atoms with Crippen molar-refractivity contribution in [1.82, 2.24) is 14.8 Å². The van der Waals surface area contributed by atoms with Crippen LogP contribution in [0.3, 0.4) is 0 Å². The average molecular weight is 312 g/mol. The molecule has 0 unspecified atom stereocenters. The molecule has 2 aromatic heterocycles. The zero-order chi connectivity index (χ0) is 13.3. The Morgan fingerprint density at radius 1 is 1.50 bits per heavy atom. The summed E-state index contributed by atoms with van der Waals surface area (Å²) in [4.78, 5) is 15.1. The molecule has 6 nitrogen and oxygen atoms in total. The van der Waals surface area contributed by atoms with E-state index in [1.807, 2.05) is 0 Å². The van der Waals surface area contributed by atoms with Crippen LogP contribution in [0.4, 0.5) is 0 Å². The van der Waals surface area contributed by atoms with Gasteiger partial charge in [-0.15, -0.1) is 0 Å². The number of aromatic nitrogens is 3. The lowest BCUT2D eigenvalue weighted by Gasteiger charge is -2.09. The van der Waals surface area contributed by atoms with Crippen LogP contribution in [0, 0.1) is 6.92 Å². The molecule has 7 heteroatoms. The number of carbonyl (C=O) groups is 1. The Kier molecular flexibility index (Phi) is 3.33. The quantitative estimate of drug-likeness (QED) is 0.938. The van der Waals surface area contributed by atoms with Gasteiger partial charge in [-0.2, -0.15) is 5.10 Å². The summed E-state index contributed by atoms with van der Waals surface area (Å²) in [6.45, 7) is 1.68. The first-order chi connectivity index (χ1) is 8.54. The smallest absolute Gasteiger partial charge is 0.339 e. The van der Waals surface area contributed by atoms with Crippen molar-refractivity contribution < 1.29 is 14.6 Å². The van der Waals surface area contributed by atoms with Gasteiger partial charge in [0.15, 0.2) is 0 Å². The third kappa shape index (κ3) is 2.08. The summed E-state index contributed by atoms with van der Waals surface area (Å²) in [5.74, 6) is -0.637. The van der Waals surface area contributed by atoms with E-state index in [2.05, 4.69) is 26.0 Å². The number of carboxylic acid groups (broad SMARTS) is 1. The van der Waals surface area contributed by atoms with E-state index >= 15 is 0 Å². The van der Waals surface area contributed by atoms with Gasteiger partial charge >= 0.3 is 5.97 Å². The van der Waals surface area contributed by atoms with Gasteiger partial charge in [-0.05, 0) is 28.9 Å². The Balaban J connectivity index is 2.61. The van der Waals surface area contributed by atoms with Gasteiger partial charge in [0.25, 0.3) is 0 Å². The largest absolute Gasteiger partial charge is 0.479 e. The molecule has 0 saturated heterocycles. The van der Waals surface area contributed by atoms with Gasteiger partial charge in [0.05, 0.1) is 19.0 Å². The molecule has 2 aromatic rings. The molecule has 2 rings (SSSR count). The Hall–Kier alpha value is -1.89. The van der Waals surface area contributed by atoms with Crippen LogP contribution in [0.5, 0.6) is 5.88 Å². The molecule has 0 aliphatic rings. The van der Waals surface area contributed by atoms with Crippen molar-refractivity contribution in [3.63, 3.8) is 0 Å². The molecule has 0 aliphatic carbocycles. The van der Waals surface area contributed by atoms with E-state index in [0.717, 1.165) is 4.47 Å². The molecule has 0 amide bonds. The fourth-order valence-corrected chi connectivity index (χ4v) is 1.91. The predicted molar refractivity (Wildman–Crippen MR) is 67.3 cm³/mol. The first-order valence-corrected chi connectivity index (χ1v) is 5.81. The molecular formula is C11H10BrN3O3. The van der Waals surface area contributed by atoms with Crippen LogP contribution in [0.1, 0.15) is 16.1 Å². The van der Waals surface area contributed by atoms with Crippen molar-refractivity contribution >= 4 is 21.9 Å². The Labute approximate surface area is 111 Å². The average Bonchev–Trinajstić information content (AvgIpc) is 2.71. The van der Waals surface area contributed by atoms with Crippen LogP contribution in [-0.4, -0.2) is 33.0 Å². The highest BCUT2D eigenvalue weighted by Gasteiger charge is 2.17. The number of pyridine rings is 1. The molecule has 0 radical (unpaired) electrons. The van der Waals surface area contributed by atoms with Crippen molar-refractivity contribution in [3.8, 4) is 11.6 Å². The van der Waals surface area contributed by atoms with Gasteiger partial charge in [0.1, 0.15) is 11.3 Å². The number of nitrogens with zero attached hydrogens (tertiary/aromatic N) is 3. The zero-order valence-corrected chi connectivity index (χ0v) is 11.3. The summed E-state index contributed by atoms with van der Waals surface area (Å²) >= 11 is 3.31. The number of hydrogen-bond acceptors (Lipinski definition) is 4. The maximum absolute atomic E-state index is 11.0. The lowest BCUT2D eigenvalue weighted by atomic mass is 10.2. The maximum atomic E-state index is 11.0. The number of aromatic carboxylic acids is 1.